The molecule has 0 unspecified atom stereocenters. The highest BCUT2D eigenvalue weighted by Crippen LogP contribution is 2.26. The van der Waals surface area contributed by atoms with Gasteiger partial charge in [-0.1, -0.05) is 12.8 Å². The molecule has 1 fully saturated rings. The first-order valence-corrected chi connectivity index (χ1v) is 8.35. The molecule has 3 N–H and O–H groups in total. The van der Waals surface area contributed by atoms with E-state index < -0.39 is 0 Å². The molecule has 6 nitrogen and oxygen atoms in total. The van der Waals surface area contributed by atoms with Crippen LogP contribution in [0.2, 0.25) is 0 Å². The first-order valence-electron chi connectivity index (χ1n) is 7.55. The first-order chi connectivity index (χ1) is 10.6. The number of anilines is 1. The number of imidazole rings is 1. The molecule has 0 saturated carbocycles. The lowest BCUT2D eigenvalue weighted by Crippen LogP contribution is -2.34. The number of hydrogen-bond donors (Lipinski definition) is 3. The Morgan fingerprint density at radius 3 is 2.45 bits per heavy atom. The van der Waals surface area contributed by atoms with E-state index in [9.17, 15) is 9.59 Å². The smallest absolute Gasteiger partial charge is 0.323 e. The van der Waals surface area contributed by atoms with Crippen molar-refractivity contribution in [3.8, 4) is 0 Å². The molecule has 1 aliphatic heterocycles. The van der Waals surface area contributed by atoms with Gasteiger partial charge in [0.1, 0.15) is 0 Å². The summed E-state index contributed by atoms with van der Waals surface area (Å²) in [6, 6.07) is 3.55. The lowest BCUT2D eigenvalue weighted by molar-refractivity contribution is -0.117. The predicted octanol–water partition coefficient (Wildman–Crippen LogP) is 2.43. The topological polar surface area (TPSA) is 81.0 Å². The van der Waals surface area contributed by atoms with Gasteiger partial charge in [-0.25, -0.2) is 4.79 Å². The molecule has 2 aromatic rings. The van der Waals surface area contributed by atoms with Crippen LogP contribution >= 0.6 is 15.9 Å². The van der Waals surface area contributed by atoms with Crippen LogP contribution in [0.1, 0.15) is 25.7 Å². The van der Waals surface area contributed by atoms with Crippen LogP contribution in [-0.2, 0) is 4.79 Å². The van der Waals surface area contributed by atoms with Crippen molar-refractivity contribution in [2.75, 3.05) is 25.0 Å². The molecule has 7 heteroatoms. The number of aromatic nitrogens is 2. The van der Waals surface area contributed by atoms with E-state index in [0.29, 0.717) is 23.3 Å². The van der Waals surface area contributed by atoms with Gasteiger partial charge in [-0.15, -0.1) is 0 Å². The number of carbonyl (C=O) groups excluding carboxylic acids is 1. The number of H-pyrrole nitrogens is 2. The number of carbonyl (C=O) groups is 1. The minimum absolute atomic E-state index is 0.0279. The Bertz CT molecular complexity index is 729. The maximum atomic E-state index is 12.2. The van der Waals surface area contributed by atoms with Crippen molar-refractivity contribution in [3.63, 3.8) is 0 Å². The van der Waals surface area contributed by atoms with Crippen molar-refractivity contribution in [1.82, 2.24) is 14.9 Å². The zero-order chi connectivity index (χ0) is 15.5. The van der Waals surface area contributed by atoms with Gasteiger partial charge in [0.25, 0.3) is 0 Å². The third kappa shape index (κ3) is 3.59. The van der Waals surface area contributed by atoms with E-state index in [1.807, 2.05) is 0 Å². The minimum Gasteiger partial charge on any atom is -0.324 e. The summed E-state index contributed by atoms with van der Waals surface area (Å²) in [7, 11) is 0. The summed E-state index contributed by atoms with van der Waals surface area (Å²) >= 11 is 3.43. The number of halogens is 1. The van der Waals surface area contributed by atoms with Crippen LogP contribution in [0.5, 0.6) is 0 Å². The molecule has 0 atom stereocenters. The summed E-state index contributed by atoms with van der Waals surface area (Å²) in [4.78, 5) is 31.1. The van der Waals surface area contributed by atoms with Crippen molar-refractivity contribution in [2.45, 2.75) is 25.7 Å². The summed E-state index contributed by atoms with van der Waals surface area (Å²) in [5, 5.41) is 2.92. The van der Waals surface area contributed by atoms with E-state index in [2.05, 4.69) is 36.1 Å². The van der Waals surface area contributed by atoms with Gasteiger partial charge in [0.15, 0.2) is 0 Å². The highest BCUT2D eigenvalue weighted by atomic mass is 79.9. The van der Waals surface area contributed by atoms with Gasteiger partial charge in [-0.05, 0) is 54.0 Å². The quantitative estimate of drug-likeness (QED) is 0.780. The Morgan fingerprint density at radius 2 is 1.77 bits per heavy atom. The molecule has 1 aromatic carbocycles. The van der Waals surface area contributed by atoms with E-state index in [4.69, 9.17) is 0 Å². The molecule has 1 aromatic heterocycles. The minimum atomic E-state index is -0.255. The number of rotatable bonds is 3. The van der Waals surface area contributed by atoms with Gasteiger partial charge >= 0.3 is 5.69 Å². The SMILES string of the molecule is O=C(CN1CCCCCC1)Nc1cc2[nH]c(=O)[nH]c2cc1Br. The van der Waals surface area contributed by atoms with Gasteiger partial charge in [-0.2, -0.15) is 0 Å². The second-order valence-corrected chi connectivity index (χ2v) is 6.55. The third-order valence-corrected chi connectivity index (χ3v) is 4.60. The Morgan fingerprint density at radius 1 is 1.14 bits per heavy atom. The highest BCUT2D eigenvalue weighted by Gasteiger charge is 2.14. The Labute approximate surface area is 136 Å². The van der Waals surface area contributed by atoms with Gasteiger partial charge in [0.05, 0.1) is 23.3 Å². The second-order valence-electron chi connectivity index (χ2n) is 5.70. The lowest BCUT2D eigenvalue weighted by Gasteiger charge is -2.19. The third-order valence-electron chi connectivity index (χ3n) is 3.94. The Hall–Kier alpha value is -1.60. The standard InChI is InChI=1S/C15H19BrN4O2/c16-10-7-12-13(19-15(22)18-12)8-11(10)17-14(21)9-20-5-3-1-2-4-6-20/h7-8H,1-6,9H2,(H,17,21)(H2,18,19,22). The average molecular weight is 367 g/mol. The maximum absolute atomic E-state index is 12.2. The largest absolute Gasteiger partial charge is 0.324 e. The number of likely N-dealkylation sites (tertiary alicyclic amines) is 1. The summed E-state index contributed by atoms with van der Waals surface area (Å²) in [5.74, 6) is -0.0279. The fourth-order valence-electron chi connectivity index (χ4n) is 2.84. The number of amides is 1. The molecule has 0 aliphatic carbocycles. The second kappa shape index (κ2) is 6.66. The lowest BCUT2D eigenvalue weighted by atomic mass is 10.2. The van der Waals surface area contributed by atoms with Crippen molar-refractivity contribution < 1.29 is 4.79 Å². The van der Waals surface area contributed by atoms with Gasteiger partial charge in [-0.3, -0.25) is 9.69 Å². The van der Waals surface area contributed by atoms with Crippen LogP contribution in [-0.4, -0.2) is 40.4 Å². The zero-order valence-corrected chi connectivity index (χ0v) is 13.8. The Kier molecular flexibility index (Phi) is 4.63. The molecule has 3 rings (SSSR count). The van der Waals surface area contributed by atoms with E-state index in [-0.39, 0.29) is 11.6 Å². The number of nitrogens with zero attached hydrogens (tertiary/aromatic N) is 1. The van der Waals surface area contributed by atoms with Gasteiger partial charge < -0.3 is 15.3 Å². The van der Waals surface area contributed by atoms with E-state index in [0.717, 1.165) is 30.4 Å². The first kappa shape index (κ1) is 15.3. The molecule has 0 spiro atoms. The molecular formula is C15H19BrN4O2. The molecule has 1 amide bonds. The molecule has 0 radical (unpaired) electrons. The zero-order valence-electron chi connectivity index (χ0n) is 12.2. The molecule has 0 bridgehead atoms. The normalized spacial score (nSPS) is 16.6. The highest BCUT2D eigenvalue weighted by molar-refractivity contribution is 9.10. The summed E-state index contributed by atoms with van der Waals surface area (Å²) in [6.45, 7) is 2.38. The maximum Gasteiger partial charge on any atom is 0.323 e. The number of benzene rings is 1. The number of hydrogen-bond acceptors (Lipinski definition) is 3. The monoisotopic (exact) mass is 366 g/mol. The molecule has 2 heterocycles. The van der Waals surface area contributed by atoms with Crippen molar-refractivity contribution in [2.24, 2.45) is 0 Å². The van der Waals surface area contributed by atoms with Gasteiger partial charge in [0, 0.05) is 4.47 Å². The van der Waals surface area contributed by atoms with Crippen LogP contribution in [0.25, 0.3) is 11.0 Å². The summed E-state index contributed by atoms with van der Waals surface area (Å²) < 4.78 is 0.750. The molecule has 1 saturated heterocycles. The van der Waals surface area contributed by atoms with Crippen molar-refractivity contribution >= 4 is 38.6 Å². The van der Waals surface area contributed by atoms with E-state index in [1.54, 1.807) is 12.1 Å². The van der Waals surface area contributed by atoms with Crippen LogP contribution in [0.15, 0.2) is 21.4 Å². The molecular weight excluding hydrogens is 348 g/mol. The fraction of sp³-hybridized carbons (Fsp3) is 0.467. The summed E-state index contributed by atoms with van der Waals surface area (Å²) in [5.41, 5.74) is 1.80. The number of aromatic amines is 2. The van der Waals surface area contributed by atoms with Crippen molar-refractivity contribution in [3.05, 3.63) is 27.1 Å². The van der Waals surface area contributed by atoms with Crippen LogP contribution in [0.4, 0.5) is 5.69 Å². The average Bonchev–Trinajstić information content (AvgIpc) is 2.66. The Balaban J connectivity index is 1.70. The van der Waals surface area contributed by atoms with E-state index >= 15 is 0 Å². The number of fused-ring (bicyclic) bond motifs is 1. The van der Waals surface area contributed by atoms with Crippen LogP contribution < -0.4 is 11.0 Å². The number of nitrogens with one attached hydrogen (secondary N) is 3. The molecule has 22 heavy (non-hydrogen) atoms. The van der Waals surface area contributed by atoms with Gasteiger partial charge in [0.2, 0.25) is 5.91 Å². The molecule has 1 aliphatic rings. The van der Waals surface area contributed by atoms with Crippen LogP contribution in [0.3, 0.4) is 0 Å². The van der Waals surface area contributed by atoms with E-state index in [1.165, 1.54) is 12.8 Å². The fourth-order valence-corrected chi connectivity index (χ4v) is 3.28. The van der Waals surface area contributed by atoms with Crippen molar-refractivity contribution in [1.29, 1.82) is 0 Å². The summed E-state index contributed by atoms with van der Waals surface area (Å²) in [6.07, 6.45) is 4.82. The predicted molar refractivity (Wildman–Crippen MR) is 90.2 cm³/mol. The molecule has 118 valence electrons. The van der Waals surface area contributed by atoms with Crippen LogP contribution in [0, 0.1) is 0 Å².